The number of carbonyl (C=O) groups is 1. The van der Waals surface area contributed by atoms with Crippen molar-refractivity contribution in [2.45, 2.75) is 25.8 Å². The third-order valence-electron chi connectivity index (χ3n) is 4.62. The molecule has 0 aliphatic rings. The Kier molecular flexibility index (Phi) is 5.47. The van der Waals surface area contributed by atoms with E-state index in [0.717, 1.165) is 11.4 Å². The van der Waals surface area contributed by atoms with Crippen molar-refractivity contribution in [2.24, 2.45) is 0 Å². The maximum Gasteiger partial charge on any atom is 0.290 e. The Balaban J connectivity index is 1.33. The highest BCUT2D eigenvalue weighted by Gasteiger charge is 2.16. The summed E-state index contributed by atoms with van der Waals surface area (Å²) in [4.78, 5) is 13.9. The number of amides is 1. The van der Waals surface area contributed by atoms with E-state index in [9.17, 15) is 4.79 Å². The van der Waals surface area contributed by atoms with Crippen LogP contribution in [0.1, 0.15) is 40.3 Å². The van der Waals surface area contributed by atoms with Gasteiger partial charge in [0.05, 0.1) is 24.1 Å². The van der Waals surface area contributed by atoms with Crippen molar-refractivity contribution in [1.29, 1.82) is 0 Å². The lowest BCUT2D eigenvalue weighted by Gasteiger charge is -2.08. The van der Waals surface area contributed by atoms with Gasteiger partial charge in [0.2, 0.25) is 5.76 Å². The Morgan fingerprint density at radius 3 is 2.55 bits per heavy atom. The number of rotatable bonds is 7. The summed E-state index contributed by atoms with van der Waals surface area (Å²) in [5.74, 6) is 0.145. The van der Waals surface area contributed by atoms with Crippen molar-refractivity contribution in [1.82, 2.24) is 25.5 Å². The van der Waals surface area contributed by atoms with Crippen LogP contribution in [0.3, 0.4) is 0 Å². The average Bonchev–Trinajstić information content (AvgIpc) is 3.43. The third-order valence-corrected chi connectivity index (χ3v) is 4.62. The van der Waals surface area contributed by atoms with Crippen LogP contribution in [0, 0.1) is 0 Å². The lowest BCUT2D eigenvalue weighted by molar-refractivity contribution is 0.0913. The number of nitrogens with one attached hydrogen (secondary N) is 1. The Morgan fingerprint density at radius 2 is 1.79 bits per heavy atom. The molecular weight excluding hydrogens is 366 g/mol. The Morgan fingerprint density at radius 1 is 1.07 bits per heavy atom. The lowest BCUT2D eigenvalue weighted by atomic mass is 9.96. The van der Waals surface area contributed by atoms with Crippen LogP contribution < -0.4 is 5.32 Å². The number of nitrogens with zero attached hydrogens (tertiary/aromatic N) is 4. The molecule has 0 radical (unpaired) electrons. The lowest BCUT2D eigenvalue weighted by Crippen LogP contribution is -2.22. The van der Waals surface area contributed by atoms with Gasteiger partial charge in [-0.15, -0.1) is 0 Å². The number of carbonyl (C=O) groups excluding carboxylic acids is 1. The van der Waals surface area contributed by atoms with Crippen molar-refractivity contribution < 1.29 is 9.32 Å². The first-order valence-corrected chi connectivity index (χ1v) is 9.44. The fraction of sp³-hybridized carbons (Fsp3) is 0.182. The molecule has 0 saturated carbocycles. The molecule has 1 atom stereocenters. The van der Waals surface area contributed by atoms with Gasteiger partial charge >= 0.3 is 0 Å². The number of hydrogen-bond donors (Lipinski definition) is 1. The number of aromatic nitrogens is 4. The minimum Gasteiger partial charge on any atom is -0.351 e. The van der Waals surface area contributed by atoms with Gasteiger partial charge in [0.15, 0.2) is 0 Å². The first-order chi connectivity index (χ1) is 14.2. The minimum atomic E-state index is -0.328. The fourth-order valence-electron chi connectivity index (χ4n) is 3.05. The van der Waals surface area contributed by atoms with Crippen molar-refractivity contribution in [3.05, 3.63) is 95.6 Å². The molecule has 1 amide bonds. The van der Waals surface area contributed by atoms with E-state index in [2.05, 4.69) is 39.7 Å². The molecule has 0 aliphatic heterocycles. The molecule has 146 valence electrons. The second kappa shape index (κ2) is 8.52. The smallest absolute Gasteiger partial charge is 0.290 e. The van der Waals surface area contributed by atoms with Gasteiger partial charge in [-0.25, -0.2) is 0 Å². The van der Waals surface area contributed by atoms with Crippen LogP contribution in [-0.2, 0) is 13.0 Å². The monoisotopic (exact) mass is 387 g/mol. The molecule has 0 unspecified atom stereocenters. The molecule has 0 aliphatic carbocycles. The summed E-state index contributed by atoms with van der Waals surface area (Å²) in [6, 6.07) is 21.5. The van der Waals surface area contributed by atoms with Crippen LogP contribution in [0.5, 0.6) is 0 Å². The first-order valence-electron chi connectivity index (χ1n) is 9.44. The van der Waals surface area contributed by atoms with Gasteiger partial charge in [0.25, 0.3) is 5.91 Å². The molecule has 0 spiro atoms. The SMILES string of the molecule is C[C@@H](Cc1cc(C(=O)NCc2cnn(-c3ccccc3)n2)on1)c1ccccc1. The van der Waals surface area contributed by atoms with Gasteiger partial charge in [-0.05, 0) is 30.0 Å². The highest BCUT2D eigenvalue weighted by molar-refractivity contribution is 5.91. The van der Waals surface area contributed by atoms with Crippen LogP contribution >= 0.6 is 0 Å². The number of hydrogen-bond acceptors (Lipinski definition) is 5. The largest absolute Gasteiger partial charge is 0.351 e. The quantitative estimate of drug-likeness (QED) is 0.524. The van der Waals surface area contributed by atoms with E-state index in [-0.39, 0.29) is 24.1 Å². The van der Waals surface area contributed by atoms with Gasteiger partial charge in [-0.2, -0.15) is 15.0 Å². The molecule has 2 aromatic heterocycles. The summed E-state index contributed by atoms with van der Waals surface area (Å²) in [5.41, 5.74) is 3.49. The van der Waals surface area contributed by atoms with Gasteiger partial charge in [-0.3, -0.25) is 4.79 Å². The maximum absolute atomic E-state index is 12.4. The summed E-state index contributed by atoms with van der Waals surface area (Å²) in [6.45, 7) is 2.38. The normalized spacial score (nSPS) is 11.9. The number of para-hydroxylation sites is 1. The van der Waals surface area contributed by atoms with Gasteiger partial charge in [-0.1, -0.05) is 60.6 Å². The number of benzene rings is 2. The minimum absolute atomic E-state index is 0.190. The zero-order valence-corrected chi connectivity index (χ0v) is 16.0. The van der Waals surface area contributed by atoms with Crippen molar-refractivity contribution in [3.8, 4) is 5.69 Å². The molecular formula is C22H21N5O2. The van der Waals surface area contributed by atoms with Crippen molar-refractivity contribution in [3.63, 3.8) is 0 Å². The maximum atomic E-state index is 12.4. The third kappa shape index (κ3) is 4.57. The van der Waals surface area contributed by atoms with Crippen LogP contribution in [0.2, 0.25) is 0 Å². The predicted molar refractivity (Wildman–Crippen MR) is 108 cm³/mol. The van der Waals surface area contributed by atoms with E-state index in [0.29, 0.717) is 12.1 Å². The standard InChI is InChI=1S/C22H21N5O2/c1-16(17-8-4-2-5-9-17)12-18-13-21(29-26-18)22(28)23-14-19-15-24-27(25-19)20-10-6-3-7-11-20/h2-11,13,15-16H,12,14H2,1H3,(H,23,28)/t16-/m0/s1. The highest BCUT2D eigenvalue weighted by atomic mass is 16.5. The van der Waals surface area contributed by atoms with E-state index in [1.165, 1.54) is 10.4 Å². The summed E-state index contributed by atoms with van der Waals surface area (Å²) in [6.07, 6.45) is 2.33. The molecule has 4 aromatic rings. The Labute approximate surface area is 168 Å². The van der Waals surface area contributed by atoms with Gasteiger partial charge < -0.3 is 9.84 Å². The first kappa shape index (κ1) is 18.6. The second-order valence-corrected chi connectivity index (χ2v) is 6.84. The summed E-state index contributed by atoms with van der Waals surface area (Å²) < 4.78 is 5.22. The summed E-state index contributed by atoms with van der Waals surface area (Å²) in [7, 11) is 0. The molecule has 2 heterocycles. The molecule has 4 rings (SSSR count). The molecule has 29 heavy (non-hydrogen) atoms. The molecule has 0 bridgehead atoms. The molecule has 1 N–H and O–H groups in total. The van der Waals surface area contributed by atoms with Crippen molar-refractivity contribution >= 4 is 5.91 Å². The second-order valence-electron chi connectivity index (χ2n) is 6.84. The van der Waals surface area contributed by atoms with Crippen LogP contribution in [0.25, 0.3) is 5.69 Å². The summed E-state index contributed by atoms with van der Waals surface area (Å²) >= 11 is 0. The molecule has 2 aromatic carbocycles. The van der Waals surface area contributed by atoms with Crippen LogP contribution in [0.15, 0.2) is 77.4 Å². The van der Waals surface area contributed by atoms with E-state index in [1.54, 1.807) is 12.3 Å². The van der Waals surface area contributed by atoms with E-state index < -0.39 is 0 Å². The van der Waals surface area contributed by atoms with E-state index in [1.807, 2.05) is 48.5 Å². The van der Waals surface area contributed by atoms with E-state index in [4.69, 9.17) is 4.52 Å². The van der Waals surface area contributed by atoms with Crippen LogP contribution in [-0.4, -0.2) is 26.1 Å². The zero-order chi connectivity index (χ0) is 20.1. The zero-order valence-electron chi connectivity index (χ0n) is 16.0. The Bertz CT molecular complexity index is 1070. The van der Waals surface area contributed by atoms with Gasteiger partial charge in [0, 0.05) is 6.07 Å². The Hall–Kier alpha value is -3.74. The van der Waals surface area contributed by atoms with Crippen LogP contribution in [0.4, 0.5) is 0 Å². The molecule has 0 fully saturated rings. The summed E-state index contributed by atoms with van der Waals surface area (Å²) in [5, 5.41) is 15.4. The topological polar surface area (TPSA) is 85.8 Å². The fourth-order valence-corrected chi connectivity index (χ4v) is 3.05. The predicted octanol–water partition coefficient (Wildman–Crippen LogP) is 3.53. The highest BCUT2D eigenvalue weighted by Crippen LogP contribution is 2.20. The average molecular weight is 387 g/mol. The molecule has 0 saturated heterocycles. The van der Waals surface area contributed by atoms with E-state index >= 15 is 0 Å². The van der Waals surface area contributed by atoms with Gasteiger partial charge in [0.1, 0.15) is 5.69 Å². The molecule has 7 nitrogen and oxygen atoms in total. The van der Waals surface area contributed by atoms with Crippen molar-refractivity contribution in [2.75, 3.05) is 0 Å². The molecule has 7 heteroatoms.